The molecule has 35 heavy (non-hydrogen) atoms. The molecule has 1 rings (SSSR count). The maximum absolute atomic E-state index is 11.1. The molecule has 18 heteroatoms. The van der Waals surface area contributed by atoms with Gasteiger partial charge in [-0.25, -0.2) is 37.3 Å². The van der Waals surface area contributed by atoms with E-state index >= 15 is 0 Å². The zero-order valence-electron chi connectivity index (χ0n) is 19.7. The van der Waals surface area contributed by atoms with Crippen LogP contribution in [0.1, 0.15) is 19.3 Å². The Bertz CT molecular complexity index is 558. The quantitative estimate of drug-likeness (QED) is 0.232. The maximum atomic E-state index is 11.1. The molecule has 0 bridgehead atoms. The van der Waals surface area contributed by atoms with E-state index in [1.165, 1.54) is 0 Å². The fourth-order valence-corrected chi connectivity index (χ4v) is 2.95. The van der Waals surface area contributed by atoms with Crippen LogP contribution in [0.2, 0.25) is 0 Å². The molecule has 0 saturated carbocycles. The fourth-order valence-electron chi connectivity index (χ4n) is 2.95. The summed E-state index contributed by atoms with van der Waals surface area (Å²) in [7, 11) is -5.61. The number of nitrogens with two attached hydrogens (primary N) is 1. The molecular formula is C17H34Cl2CuN6O9. The summed E-state index contributed by atoms with van der Waals surface area (Å²) in [6, 6.07) is 2.28. The molecule has 0 unspecified atom stereocenters. The van der Waals surface area contributed by atoms with Crippen LogP contribution in [-0.4, -0.2) is 105 Å². The topological polar surface area (TPSA) is 264 Å². The smallest absolute Gasteiger partial charge is 0.370 e. The minimum atomic E-state index is -4.94. The molecule has 1 radical (unpaired) electrons. The van der Waals surface area contributed by atoms with Crippen LogP contribution in [0.25, 0.3) is 0 Å². The molecule has 0 atom stereocenters. The molecule has 211 valence electrons. The van der Waals surface area contributed by atoms with Gasteiger partial charge in [0.1, 0.15) is 0 Å². The van der Waals surface area contributed by atoms with Gasteiger partial charge in [-0.1, -0.05) is 0 Å². The van der Waals surface area contributed by atoms with E-state index in [0.29, 0.717) is 13.0 Å². The van der Waals surface area contributed by atoms with Gasteiger partial charge in [-0.15, -0.1) is 20.5 Å². The van der Waals surface area contributed by atoms with E-state index in [1.807, 2.05) is 0 Å². The van der Waals surface area contributed by atoms with Crippen LogP contribution in [0.15, 0.2) is 0 Å². The van der Waals surface area contributed by atoms with Crippen molar-refractivity contribution in [3.05, 3.63) is 0 Å². The molecule has 0 aromatic heterocycles. The van der Waals surface area contributed by atoms with Crippen LogP contribution < -0.4 is 43.0 Å². The van der Waals surface area contributed by atoms with Gasteiger partial charge in [-0.3, -0.25) is 9.69 Å². The van der Waals surface area contributed by atoms with Crippen molar-refractivity contribution in [3.63, 3.8) is 0 Å². The molecule has 0 aromatic carbocycles. The molecule has 1 saturated heterocycles. The van der Waals surface area contributed by atoms with Gasteiger partial charge in [0.05, 0.1) is 12.6 Å². The Morgan fingerprint density at radius 3 is 1.51 bits per heavy atom. The number of halogens is 2. The molecule has 1 heterocycles. The average molecular weight is 601 g/mol. The number of carbonyl (C=O) groups excluding carboxylic acids is 1. The molecule has 0 spiro atoms. The third-order valence-electron chi connectivity index (χ3n) is 4.59. The van der Waals surface area contributed by atoms with E-state index in [0.717, 1.165) is 71.7 Å². The van der Waals surface area contributed by atoms with Gasteiger partial charge in [0.25, 0.3) is 0 Å². The number of nitrogens with zero attached hydrogens (tertiary/aromatic N) is 5. The van der Waals surface area contributed by atoms with E-state index in [9.17, 15) is 4.79 Å². The van der Waals surface area contributed by atoms with E-state index in [-0.39, 0.29) is 23.0 Å². The Morgan fingerprint density at radius 2 is 1.14 bits per heavy atom. The zero-order valence-corrected chi connectivity index (χ0v) is 22.2. The van der Waals surface area contributed by atoms with Crippen LogP contribution in [0, 0.1) is 31.8 Å². The monoisotopic (exact) mass is 599 g/mol. The molecule has 1 amide bonds. The number of carbonyl (C=O) groups is 1. The molecule has 1 fully saturated rings. The molecule has 1 aliphatic rings. The number of primary amides is 1. The van der Waals surface area contributed by atoms with Gasteiger partial charge in [0.2, 0.25) is 5.91 Å². The first kappa shape index (κ1) is 39.1. The predicted octanol–water partition coefficient (Wildman–Crippen LogP) is -9.87. The second-order valence-corrected chi connectivity index (χ2v) is 9.07. The van der Waals surface area contributed by atoms with E-state index in [1.54, 1.807) is 0 Å². The minimum absolute atomic E-state index is 0. The van der Waals surface area contributed by atoms with Gasteiger partial charge in [-0.05, 0) is 46.6 Å². The minimum Gasteiger partial charge on any atom is -0.370 e. The standard InChI is InChI=1S/C17H34N6O.2ClHO4.Cu/c1-20-8-4-10-23(12-6-18)16-14-21(2)7-3-9-22(15-13-20)11-5-17(19)24;2*2-1(3,4)5;/h3-5,7-16H2,1-2H3,(H2,19,24);2*(H,2,3,4,5);/q;;;+2/p-2. The first-order valence-corrected chi connectivity index (χ1v) is 12.7. The van der Waals surface area contributed by atoms with Crippen molar-refractivity contribution in [3.8, 4) is 6.07 Å². The summed E-state index contributed by atoms with van der Waals surface area (Å²) in [5.74, 6) is -0.225. The number of amides is 1. The van der Waals surface area contributed by atoms with Crippen LogP contribution >= 0.6 is 0 Å². The third-order valence-corrected chi connectivity index (χ3v) is 4.59. The Morgan fingerprint density at radius 1 is 0.771 bits per heavy atom. The zero-order chi connectivity index (χ0) is 26.8. The second kappa shape index (κ2) is 21.6. The first-order valence-electron chi connectivity index (χ1n) is 10.2. The van der Waals surface area contributed by atoms with E-state index in [2.05, 4.69) is 39.8 Å². The van der Waals surface area contributed by atoms with Gasteiger partial charge >= 0.3 is 17.1 Å². The van der Waals surface area contributed by atoms with E-state index < -0.39 is 20.5 Å². The van der Waals surface area contributed by atoms with Gasteiger partial charge in [0, 0.05) is 45.7 Å². The Kier molecular flexibility index (Phi) is 24.2. The number of rotatable bonds is 4. The summed E-state index contributed by atoms with van der Waals surface area (Å²) < 4.78 is 67.9. The van der Waals surface area contributed by atoms with Crippen molar-refractivity contribution in [2.75, 3.05) is 79.5 Å². The van der Waals surface area contributed by atoms with Crippen molar-refractivity contribution < 1.29 is 79.6 Å². The Labute approximate surface area is 220 Å². The van der Waals surface area contributed by atoms with Crippen molar-refractivity contribution in [1.82, 2.24) is 19.6 Å². The molecule has 2 N–H and O–H groups in total. The largest absolute Gasteiger partial charge is 2.00 e. The summed E-state index contributed by atoms with van der Waals surface area (Å²) in [6.07, 6.45) is 2.59. The fraction of sp³-hybridized carbons (Fsp3) is 0.882. The normalized spacial score (nSPS) is 18.4. The van der Waals surface area contributed by atoms with Crippen molar-refractivity contribution in [2.24, 2.45) is 5.73 Å². The third kappa shape index (κ3) is 38.3. The van der Waals surface area contributed by atoms with Gasteiger partial charge in [-0.2, -0.15) is 5.26 Å². The van der Waals surface area contributed by atoms with Gasteiger partial charge in [0.15, 0.2) is 0 Å². The van der Waals surface area contributed by atoms with Crippen molar-refractivity contribution in [2.45, 2.75) is 19.3 Å². The molecule has 0 aliphatic carbocycles. The maximum Gasteiger partial charge on any atom is 2.00 e. The van der Waals surface area contributed by atoms with Crippen LogP contribution in [0.4, 0.5) is 0 Å². The summed E-state index contributed by atoms with van der Waals surface area (Å²) in [4.78, 5) is 20.3. The van der Waals surface area contributed by atoms with Crippen LogP contribution in [0.3, 0.4) is 0 Å². The summed E-state index contributed by atoms with van der Waals surface area (Å²) >= 11 is 0. The van der Waals surface area contributed by atoms with E-state index in [4.69, 9.17) is 48.3 Å². The van der Waals surface area contributed by atoms with Gasteiger partial charge < -0.3 is 20.4 Å². The van der Waals surface area contributed by atoms with Crippen LogP contribution in [-0.2, 0) is 21.9 Å². The first-order chi connectivity index (χ1) is 15.5. The molecule has 15 nitrogen and oxygen atoms in total. The Balaban J connectivity index is -0.000000784. The number of nitriles is 1. The van der Waals surface area contributed by atoms with Crippen molar-refractivity contribution in [1.29, 1.82) is 5.26 Å². The number of hydrogen-bond donors (Lipinski definition) is 1. The average Bonchev–Trinajstić information content (AvgIpc) is 2.64. The predicted molar refractivity (Wildman–Crippen MR) is 96.5 cm³/mol. The molecular weight excluding hydrogens is 567 g/mol. The number of likely N-dealkylation sites (N-methyl/N-ethyl adjacent to an activating group) is 2. The number of hydrogen-bond acceptors (Lipinski definition) is 14. The Hall–Kier alpha value is -0.421. The SMILES string of the molecule is CN1CCCN(CCC(N)=O)CCN(C)CCCN(CC#N)CC1.[Cu+2].[O-][Cl+3]([O-])([O-])[O-].[O-][Cl+3]([O-])([O-])[O-]. The summed E-state index contributed by atoms with van der Waals surface area (Å²) in [6.45, 7) is 9.18. The summed E-state index contributed by atoms with van der Waals surface area (Å²) in [5, 5.41) is 8.97. The van der Waals surface area contributed by atoms with Crippen molar-refractivity contribution >= 4 is 5.91 Å². The molecule has 1 aliphatic heterocycles. The molecule has 0 aromatic rings. The second-order valence-electron chi connectivity index (χ2n) is 7.56. The summed E-state index contributed by atoms with van der Waals surface area (Å²) in [5.41, 5.74) is 5.29. The van der Waals surface area contributed by atoms with Crippen LogP contribution in [0.5, 0.6) is 0 Å².